The molecule has 15 heavy (non-hydrogen) atoms. The van der Waals surface area contributed by atoms with Crippen LogP contribution in [0.3, 0.4) is 0 Å². The van der Waals surface area contributed by atoms with Crippen molar-refractivity contribution in [3.05, 3.63) is 39.9 Å². The number of nitro groups is 1. The summed E-state index contributed by atoms with van der Waals surface area (Å²) in [5.41, 5.74) is 1.20. The zero-order valence-corrected chi connectivity index (χ0v) is 9.61. The molecule has 1 unspecified atom stereocenters. The minimum atomic E-state index is -0.356. The Balaban J connectivity index is 2.54. The Kier molecular flexibility index (Phi) is 4.62. The van der Waals surface area contributed by atoms with E-state index in [0.717, 1.165) is 24.8 Å². The molecule has 0 radical (unpaired) electrons. The van der Waals surface area contributed by atoms with E-state index in [0.29, 0.717) is 5.25 Å². The van der Waals surface area contributed by atoms with E-state index in [4.69, 9.17) is 0 Å². The van der Waals surface area contributed by atoms with Crippen molar-refractivity contribution in [1.82, 2.24) is 0 Å². The first kappa shape index (κ1) is 12.0. The number of aryl methyl sites for hydroxylation is 1. The van der Waals surface area contributed by atoms with E-state index in [-0.39, 0.29) is 10.6 Å². The van der Waals surface area contributed by atoms with Gasteiger partial charge in [0.25, 0.3) is 5.69 Å². The van der Waals surface area contributed by atoms with Crippen molar-refractivity contribution in [2.45, 2.75) is 31.4 Å². The topological polar surface area (TPSA) is 43.1 Å². The van der Waals surface area contributed by atoms with E-state index in [1.54, 1.807) is 12.1 Å². The van der Waals surface area contributed by atoms with Gasteiger partial charge in [0, 0.05) is 12.1 Å². The molecule has 4 heteroatoms. The third-order valence-corrected chi connectivity index (χ3v) is 2.47. The average Bonchev–Trinajstić information content (AvgIpc) is 2.17. The summed E-state index contributed by atoms with van der Waals surface area (Å²) >= 11 is 4.29. The van der Waals surface area contributed by atoms with E-state index in [9.17, 15) is 10.1 Å². The highest BCUT2D eigenvalue weighted by molar-refractivity contribution is 7.80. The molecule has 0 saturated carbocycles. The maximum Gasteiger partial charge on any atom is 0.269 e. The summed E-state index contributed by atoms with van der Waals surface area (Å²) in [5, 5.41) is 10.9. The molecule has 0 aliphatic heterocycles. The third kappa shape index (κ3) is 4.34. The monoisotopic (exact) mass is 225 g/mol. The van der Waals surface area contributed by atoms with E-state index in [2.05, 4.69) is 19.6 Å². The van der Waals surface area contributed by atoms with Gasteiger partial charge in [-0.15, -0.1) is 0 Å². The highest BCUT2D eigenvalue weighted by Gasteiger charge is 2.05. The molecule has 1 rings (SSSR count). The molecule has 1 aromatic carbocycles. The number of rotatable bonds is 5. The highest BCUT2D eigenvalue weighted by Crippen LogP contribution is 2.15. The van der Waals surface area contributed by atoms with Gasteiger partial charge in [-0.05, 0) is 30.1 Å². The van der Waals surface area contributed by atoms with Crippen molar-refractivity contribution in [2.75, 3.05) is 0 Å². The number of nitrogens with zero attached hydrogens (tertiary/aromatic N) is 1. The maximum absolute atomic E-state index is 10.5. The number of hydrogen-bond donors (Lipinski definition) is 1. The third-order valence-electron chi connectivity index (χ3n) is 2.21. The van der Waals surface area contributed by atoms with Crippen LogP contribution in [-0.4, -0.2) is 10.2 Å². The van der Waals surface area contributed by atoms with Crippen LogP contribution in [0.25, 0.3) is 0 Å². The van der Waals surface area contributed by atoms with Crippen molar-refractivity contribution in [3.63, 3.8) is 0 Å². The predicted octanol–water partition coefficient (Wildman–Crippen LogP) is 3.24. The summed E-state index contributed by atoms with van der Waals surface area (Å²) < 4.78 is 0. The number of nitro benzene ring substituents is 1. The Morgan fingerprint density at radius 3 is 2.87 bits per heavy atom. The lowest BCUT2D eigenvalue weighted by atomic mass is 10.1. The molecule has 82 valence electrons. The molecule has 0 aliphatic rings. The molecule has 0 amide bonds. The Morgan fingerprint density at radius 2 is 2.27 bits per heavy atom. The molecule has 0 aromatic heterocycles. The molecule has 3 nitrogen and oxygen atoms in total. The Labute approximate surface area is 95.1 Å². The first-order chi connectivity index (χ1) is 7.09. The summed E-state index contributed by atoms with van der Waals surface area (Å²) in [5.74, 6) is 0. The molecule has 0 heterocycles. The van der Waals surface area contributed by atoms with Gasteiger partial charge in [-0.3, -0.25) is 10.1 Å². The van der Waals surface area contributed by atoms with Crippen LogP contribution < -0.4 is 0 Å². The predicted molar refractivity (Wildman–Crippen MR) is 64.5 cm³/mol. The smallest absolute Gasteiger partial charge is 0.258 e. The van der Waals surface area contributed by atoms with Gasteiger partial charge in [-0.2, -0.15) is 12.6 Å². The van der Waals surface area contributed by atoms with Crippen molar-refractivity contribution < 1.29 is 4.92 Å². The molecule has 1 atom stereocenters. The van der Waals surface area contributed by atoms with Gasteiger partial charge in [-0.1, -0.05) is 19.1 Å². The lowest BCUT2D eigenvalue weighted by Gasteiger charge is -2.03. The first-order valence-electron chi connectivity index (χ1n) is 5.01. The molecule has 0 N–H and O–H groups in total. The van der Waals surface area contributed by atoms with Crippen LogP contribution >= 0.6 is 12.6 Å². The van der Waals surface area contributed by atoms with Gasteiger partial charge in [-0.25, -0.2) is 0 Å². The highest BCUT2D eigenvalue weighted by atomic mass is 32.1. The van der Waals surface area contributed by atoms with Gasteiger partial charge in [0.15, 0.2) is 0 Å². The second kappa shape index (κ2) is 5.75. The van der Waals surface area contributed by atoms with E-state index < -0.39 is 0 Å². The van der Waals surface area contributed by atoms with Gasteiger partial charge in [0.05, 0.1) is 4.92 Å². The van der Waals surface area contributed by atoms with Gasteiger partial charge in [0.1, 0.15) is 0 Å². The summed E-state index contributed by atoms with van der Waals surface area (Å²) in [6, 6.07) is 6.82. The average molecular weight is 225 g/mol. The summed E-state index contributed by atoms with van der Waals surface area (Å²) in [4.78, 5) is 10.2. The number of hydrogen-bond acceptors (Lipinski definition) is 3. The second-order valence-electron chi connectivity index (χ2n) is 3.67. The molecular formula is C11H15NO2S. The van der Waals surface area contributed by atoms with Crippen molar-refractivity contribution >= 4 is 18.3 Å². The molecule has 0 saturated heterocycles. The molecule has 0 bridgehead atoms. The van der Waals surface area contributed by atoms with Crippen LogP contribution in [0.2, 0.25) is 0 Å². The quantitative estimate of drug-likeness (QED) is 0.475. The normalized spacial score (nSPS) is 12.4. The van der Waals surface area contributed by atoms with E-state index >= 15 is 0 Å². The SMILES string of the molecule is CC(S)CCCc1cccc([N+](=O)[O-])c1. The maximum atomic E-state index is 10.5. The van der Waals surface area contributed by atoms with Crippen LogP contribution in [0.4, 0.5) is 5.69 Å². The second-order valence-corrected chi connectivity index (χ2v) is 4.55. The summed E-state index contributed by atoms with van der Waals surface area (Å²) in [7, 11) is 0. The molecule has 0 fully saturated rings. The van der Waals surface area contributed by atoms with E-state index in [1.807, 2.05) is 6.07 Å². The lowest BCUT2D eigenvalue weighted by molar-refractivity contribution is -0.384. The molecular weight excluding hydrogens is 210 g/mol. The standard InChI is InChI=1S/C11H15NO2S/c1-9(15)4-2-5-10-6-3-7-11(8-10)12(13)14/h3,6-9,15H,2,4-5H2,1H3. The Morgan fingerprint density at radius 1 is 1.53 bits per heavy atom. The van der Waals surface area contributed by atoms with Crippen LogP contribution in [-0.2, 0) is 6.42 Å². The minimum Gasteiger partial charge on any atom is -0.258 e. The summed E-state index contributed by atoms with van der Waals surface area (Å²) in [6.45, 7) is 2.05. The lowest BCUT2D eigenvalue weighted by Crippen LogP contribution is -1.94. The zero-order valence-electron chi connectivity index (χ0n) is 8.72. The fourth-order valence-corrected chi connectivity index (χ4v) is 1.61. The van der Waals surface area contributed by atoms with Crippen molar-refractivity contribution in [2.24, 2.45) is 0 Å². The number of thiol groups is 1. The minimum absolute atomic E-state index is 0.173. The number of benzene rings is 1. The molecule has 0 spiro atoms. The van der Waals surface area contributed by atoms with Gasteiger partial charge < -0.3 is 0 Å². The van der Waals surface area contributed by atoms with Gasteiger partial charge in [0.2, 0.25) is 0 Å². The van der Waals surface area contributed by atoms with Crippen LogP contribution in [0.1, 0.15) is 25.3 Å². The Bertz CT molecular complexity index is 339. The van der Waals surface area contributed by atoms with Crippen LogP contribution in [0.15, 0.2) is 24.3 Å². The van der Waals surface area contributed by atoms with E-state index in [1.165, 1.54) is 6.07 Å². The zero-order chi connectivity index (χ0) is 11.3. The van der Waals surface area contributed by atoms with Crippen molar-refractivity contribution in [3.8, 4) is 0 Å². The Hall–Kier alpha value is -1.03. The van der Waals surface area contributed by atoms with Gasteiger partial charge >= 0.3 is 0 Å². The number of non-ortho nitro benzene ring substituents is 1. The van der Waals surface area contributed by atoms with Crippen LogP contribution in [0, 0.1) is 10.1 Å². The fraction of sp³-hybridized carbons (Fsp3) is 0.455. The fourth-order valence-electron chi connectivity index (χ4n) is 1.43. The van der Waals surface area contributed by atoms with Crippen LogP contribution in [0.5, 0.6) is 0 Å². The van der Waals surface area contributed by atoms with Crippen molar-refractivity contribution in [1.29, 1.82) is 0 Å². The molecule has 1 aromatic rings. The molecule has 0 aliphatic carbocycles. The largest absolute Gasteiger partial charge is 0.269 e. The summed E-state index contributed by atoms with van der Waals surface area (Å²) in [6.07, 6.45) is 2.93. The first-order valence-corrected chi connectivity index (χ1v) is 5.52.